The zero-order valence-corrected chi connectivity index (χ0v) is 12.6. The Morgan fingerprint density at radius 1 is 1.40 bits per heavy atom. The average Bonchev–Trinajstić information content (AvgIpc) is 2.81. The monoisotopic (exact) mass is 294 g/mol. The molecule has 0 unspecified atom stereocenters. The molecule has 2 rings (SSSR count). The first kappa shape index (κ1) is 14.9. The van der Waals surface area contributed by atoms with Crippen LogP contribution in [0, 0.1) is 0 Å². The number of imidazole rings is 1. The molecular formula is C15H19ClN2O2. The fourth-order valence-electron chi connectivity index (χ4n) is 2.09. The fourth-order valence-corrected chi connectivity index (χ4v) is 2.27. The summed E-state index contributed by atoms with van der Waals surface area (Å²) in [5.41, 5.74) is 2.18. The third kappa shape index (κ3) is 3.31. The van der Waals surface area contributed by atoms with E-state index in [0.717, 1.165) is 24.9 Å². The van der Waals surface area contributed by atoms with Gasteiger partial charge in [-0.05, 0) is 38.8 Å². The minimum Gasteiger partial charge on any atom is -0.459 e. The van der Waals surface area contributed by atoms with E-state index in [1.54, 1.807) is 12.4 Å². The number of carbonyl (C=O) groups is 1. The molecule has 0 atom stereocenters. The molecule has 5 heteroatoms. The van der Waals surface area contributed by atoms with E-state index in [1.165, 1.54) is 0 Å². The summed E-state index contributed by atoms with van der Waals surface area (Å²) in [4.78, 5) is 16.4. The SMILES string of the molecule is CC(C)OC(=O)c1cccc2c1ncn2CCCCCl. The second-order valence-electron chi connectivity index (χ2n) is 4.96. The second-order valence-corrected chi connectivity index (χ2v) is 5.34. The van der Waals surface area contributed by atoms with E-state index in [9.17, 15) is 4.79 Å². The number of nitrogens with zero attached hydrogens (tertiary/aromatic N) is 2. The van der Waals surface area contributed by atoms with E-state index < -0.39 is 0 Å². The molecule has 0 N–H and O–H groups in total. The van der Waals surface area contributed by atoms with Crippen molar-refractivity contribution in [1.82, 2.24) is 9.55 Å². The summed E-state index contributed by atoms with van der Waals surface area (Å²) < 4.78 is 7.30. The maximum absolute atomic E-state index is 12.0. The van der Waals surface area contributed by atoms with Crippen molar-refractivity contribution in [1.29, 1.82) is 0 Å². The molecule has 0 aliphatic heterocycles. The summed E-state index contributed by atoms with van der Waals surface area (Å²) in [6.45, 7) is 4.53. The Kier molecular flexibility index (Phi) is 5.01. The summed E-state index contributed by atoms with van der Waals surface area (Å²) in [5.74, 6) is 0.343. The Balaban J connectivity index is 2.27. The van der Waals surface area contributed by atoms with E-state index in [-0.39, 0.29) is 12.1 Å². The topological polar surface area (TPSA) is 44.1 Å². The van der Waals surface area contributed by atoms with Gasteiger partial charge in [0.05, 0.1) is 23.5 Å². The molecular weight excluding hydrogens is 276 g/mol. The van der Waals surface area contributed by atoms with Gasteiger partial charge < -0.3 is 9.30 Å². The molecule has 1 aromatic carbocycles. The van der Waals surface area contributed by atoms with Crippen LogP contribution in [-0.4, -0.2) is 27.5 Å². The van der Waals surface area contributed by atoms with Gasteiger partial charge in [0.25, 0.3) is 0 Å². The van der Waals surface area contributed by atoms with Crippen molar-refractivity contribution >= 4 is 28.6 Å². The third-order valence-corrected chi connectivity index (χ3v) is 3.26. The maximum Gasteiger partial charge on any atom is 0.340 e. The van der Waals surface area contributed by atoms with E-state index >= 15 is 0 Å². The van der Waals surface area contributed by atoms with Crippen LogP contribution < -0.4 is 0 Å². The number of unbranched alkanes of at least 4 members (excludes halogenated alkanes) is 1. The Hall–Kier alpha value is -1.55. The Morgan fingerprint density at radius 2 is 2.20 bits per heavy atom. The number of carbonyl (C=O) groups excluding carboxylic acids is 1. The van der Waals surface area contributed by atoms with Crippen LogP contribution in [0.2, 0.25) is 0 Å². The van der Waals surface area contributed by atoms with Gasteiger partial charge in [-0.25, -0.2) is 9.78 Å². The highest BCUT2D eigenvalue weighted by molar-refractivity contribution is 6.17. The summed E-state index contributed by atoms with van der Waals surface area (Å²) in [6.07, 6.45) is 3.60. The molecule has 0 saturated heterocycles. The highest BCUT2D eigenvalue weighted by atomic mass is 35.5. The number of rotatable bonds is 6. The van der Waals surface area contributed by atoms with Crippen LogP contribution in [-0.2, 0) is 11.3 Å². The number of aromatic nitrogens is 2. The Bertz CT molecular complexity index is 593. The number of para-hydroxylation sites is 1. The molecule has 1 heterocycles. The van der Waals surface area contributed by atoms with Crippen LogP contribution >= 0.6 is 11.6 Å². The molecule has 0 bridgehead atoms. The van der Waals surface area contributed by atoms with Crippen LogP contribution in [0.5, 0.6) is 0 Å². The number of hydrogen-bond acceptors (Lipinski definition) is 3. The van der Waals surface area contributed by atoms with E-state index in [0.29, 0.717) is 17.0 Å². The third-order valence-electron chi connectivity index (χ3n) is 3.00. The number of hydrogen-bond donors (Lipinski definition) is 0. The largest absolute Gasteiger partial charge is 0.459 e. The molecule has 0 spiro atoms. The van der Waals surface area contributed by atoms with Gasteiger partial charge in [-0.2, -0.15) is 0 Å². The minimum atomic E-state index is -0.323. The van der Waals surface area contributed by atoms with Crippen LogP contribution in [0.15, 0.2) is 24.5 Å². The zero-order chi connectivity index (χ0) is 14.5. The molecule has 20 heavy (non-hydrogen) atoms. The lowest BCUT2D eigenvalue weighted by molar-refractivity contribution is 0.0380. The second kappa shape index (κ2) is 6.75. The fraction of sp³-hybridized carbons (Fsp3) is 0.467. The molecule has 108 valence electrons. The van der Waals surface area contributed by atoms with Crippen molar-refractivity contribution in [2.45, 2.75) is 39.3 Å². The van der Waals surface area contributed by atoms with Gasteiger partial charge in [0.2, 0.25) is 0 Å². The van der Waals surface area contributed by atoms with Gasteiger partial charge in [-0.15, -0.1) is 11.6 Å². The smallest absolute Gasteiger partial charge is 0.340 e. The van der Waals surface area contributed by atoms with Gasteiger partial charge in [-0.1, -0.05) is 6.07 Å². The molecule has 1 aromatic heterocycles. The molecule has 0 radical (unpaired) electrons. The number of benzene rings is 1. The number of halogens is 1. The first-order valence-corrected chi connectivity index (χ1v) is 7.37. The average molecular weight is 295 g/mol. The highest BCUT2D eigenvalue weighted by Gasteiger charge is 2.15. The molecule has 0 fully saturated rings. The highest BCUT2D eigenvalue weighted by Crippen LogP contribution is 2.19. The standard InChI is InChI=1S/C15H19ClN2O2/c1-11(2)20-15(19)12-6-5-7-13-14(12)17-10-18(13)9-4-3-8-16/h5-7,10-11H,3-4,8-9H2,1-2H3. The summed E-state index contributed by atoms with van der Waals surface area (Å²) >= 11 is 5.69. The predicted octanol–water partition coefficient (Wildman–Crippen LogP) is 3.62. The molecule has 4 nitrogen and oxygen atoms in total. The van der Waals surface area contributed by atoms with Gasteiger partial charge in [0, 0.05) is 12.4 Å². The molecule has 2 aromatic rings. The van der Waals surface area contributed by atoms with Gasteiger partial charge >= 0.3 is 5.97 Å². The number of fused-ring (bicyclic) bond motifs is 1. The van der Waals surface area contributed by atoms with Gasteiger partial charge in [0.1, 0.15) is 5.52 Å². The molecule has 0 aliphatic carbocycles. The lowest BCUT2D eigenvalue weighted by atomic mass is 10.2. The summed E-state index contributed by atoms with van der Waals surface area (Å²) in [7, 11) is 0. The molecule has 0 amide bonds. The maximum atomic E-state index is 12.0. The molecule has 0 aliphatic rings. The number of esters is 1. The van der Waals surface area contributed by atoms with Crippen molar-refractivity contribution in [2.75, 3.05) is 5.88 Å². The van der Waals surface area contributed by atoms with Crippen LogP contribution in [0.1, 0.15) is 37.0 Å². The number of alkyl halides is 1. The number of aryl methyl sites for hydroxylation is 1. The van der Waals surface area contributed by atoms with Crippen molar-refractivity contribution in [2.24, 2.45) is 0 Å². The normalized spacial score (nSPS) is 11.2. The first-order valence-electron chi connectivity index (χ1n) is 6.84. The lowest BCUT2D eigenvalue weighted by Gasteiger charge is -2.08. The van der Waals surface area contributed by atoms with E-state index in [4.69, 9.17) is 16.3 Å². The summed E-state index contributed by atoms with van der Waals surface area (Å²) in [5, 5.41) is 0. The number of ether oxygens (including phenoxy) is 1. The van der Waals surface area contributed by atoms with E-state index in [1.807, 2.05) is 30.5 Å². The van der Waals surface area contributed by atoms with Crippen LogP contribution in [0.25, 0.3) is 11.0 Å². The Morgan fingerprint density at radius 3 is 2.90 bits per heavy atom. The van der Waals surface area contributed by atoms with Crippen molar-refractivity contribution in [3.05, 3.63) is 30.1 Å². The van der Waals surface area contributed by atoms with Crippen molar-refractivity contribution in [3.8, 4) is 0 Å². The van der Waals surface area contributed by atoms with Gasteiger partial charge in [0.15, 0.2) is 0 Å². The lowest BCUT2D eigenvalue weighted by Crippen LogP contribution is -2.12. The summed E-state index contributed by atoms with van der Waals surface area (Å²) in [6, 6.07) is 5.58. The Labute approximate surface area is 123 Å². The van der Waals surface area contributed by atoms with Gasteiger partial charge in [-0.3, -0.25) is 0 Å². The van der Waals surface area contributed by atoms with Crippen molar-refractivity contribution in [3.63, 3.8) is 0 Å². The van der Waals surface area contributed by atoms with Crippen LogP contribution in [0.3, 0.4) is 0 Å². The zero-order valence-electron chi connectivity index (χ0n) is 11.8. The predicted molar refractivity (Wildman–Crippen MR) is 80.2 cm³/mol. The molecule has 0 saturated carbocycles. The van der Waals surface area contributed by atoms with Crippen LogP contribution in [0.4, 0.5) is 0 Å². The minimum absolute atomic E-state index is 0.136. The first-order chi connectivity index (χ1) is 9.63. The quantitative estimate of drug-likeness (QED) is 0.464. The van der Waals surface area contributed by atoms with E-state index in [2.05, 4.69) is 4.98 Å². The van der Waals surface area contributed by atoms with Crippen molar-refractivity contribution < 1.29 is 9.53 Å².